The predicted molar refractivity (Wildman–Crippen MR) is 319 cm³/mol. The Kier molecular flexibility index (Phi) is 19.3. The molecule has 0 bridgehead atoms. The van der Waals surface area contributed by atoms with Gasteiger partial charge in [0.1, 0.15) is 16.9 Å². The van der Waals surface area contributed by atoms with Crippen LogP contribution in [0.4, 0.5) is 74.0 Å². The molecule has 8 amide bonds. The zero-order valence-corrected chi connectivity index (χ0v) is 46.0. The lowest BCUT2D eigenvalue weighted by molar-refractivity contribution is 0.261. The highest BCUT2D eigenvalue weighted by Gasteiger charge is 2.14. The summed E-state index contributed by atoms with van der Waals surface area (Å²) < 4.78 is 28.6. The molecule has 0 spiro atoms. The number of rotatable bonds is 8. The third-order valence-corrected chi connectivity index (χ3v) is 12.2. The Morgan fingerprint density at radius 1 is 0.345 bits per heavy atom. The number of carbonyl (C=O) groups is 4. The van der Waals surface area contributed by atoms with Crippen LogP contribution in [0, 0.1) is 11.6 Å². The van der Waals surface area contributed by atoms with Crippen molar-refractivity contribution in [2.24, 2.45) is 0 Å². The van der Waals surface area contributed by atoms with Gasteiger partial charge < -0.3 is 21.3 Å². The summed E-state index contributed by atoms with van der Waals surface area (Å²) in [6, 6.07) is 21.8. The molecule has 12 aromatic rings. The van der Waals surface area contributed by atoms with Crippen molar-refractivity contribution in [2.75, 3.05) is 42.5 Å². The minimum absolute atomic E-state index is 0.0290. The molecule has 84 heavy (non-hydrogen) atoms. The van der Waals surface area contributed by atoms with E-state index in [0.717, 1.165) is 38.4 Å². The highest BCUT2D eigenvalue weighted by atomic mass is 79.9. The van der Waals surface area contributed by atoms with E-state index in [1.54, 1.807) is 43.0 Å². The molecule has 0 saturated heterocycles. The molecule has 0 atom stereocenters. The number of amides is 8. The first-order chi connectivity index (χ1) is 40.9. The van der Waals surface area contributed by atoms with Crippen molar-refractivity contribution in [3.8, 4) is 0 Å². The molecular formula is C55H39Br2F2N21O4. The Balaban J connectivity index is 0.000000134. The zero-order valence-electron chi connectivity index (χ0n) is 42.9. The maximum absolute atomic E-state index is 13.7. The van der Waals surface area contributed by atoms with E-state index < -0.39 is 29.7 Å². The number of fused-ring (bicyclic) bond motifs is 4. The predicted octanol–water partition coefficient (Wildman–Crippen LogP) is 11.9. The molecule has 8 N–H and O–H groups in total. The van der Waals surface area contributed by atoms with Crippen LogP contribution in [-0.2, 0) is 0 Å². The first-order valence-electron chi connectivity index (χ1n) is 24.3. The molecule has 3 aromatic carbocycles. The summed E-state index contributed by atoms with van der Waals surface area (Å²) in [4.78, 5) is 99.9. The number of anilines is 8. The first-order valence-corrected chi connectivity index (χ1v) is 25.9. The number of para-hydroxylation sites is 2. The molecule has 12 rings (SSSR count). The number of nitrogens with one attached hydrogen (secondary N) is 8. The van der Waals surface area contributed by atoms with Crippen molar-refractivity contribution in [3.05, 3.63) is 211 Å². The Hall–Kier alpha value is -11.3. The fourth-order valence-electron chi connectivity index (χ4n) is 7.39. The molecule has 0 aliphatic rings. The number of hydrogen-bond acceptors (Lipinski definition) is 17. The Bertz CT molecular complexity index is 4270. The minimum atomic E-state index is -0.798. The number of hydrogen-bond donors (Lipinski definition) is 8. The molecule has 0 aliphatic heterocycles. The monoisotopic (exact) mass is 1250 g/mol. The molecule has 9 aromatic heterocycles. The molecule has 416 valence electrons. The Morgan fingerprint density at radius 3 is 1.39 bits per heavy atom. The van der Waals surface area contributed by atoms with Crippen LogP contribution in [0.3, 0.4) is 0 Å². The van der Waals surface area contributed by atoms with Crippen LogP contribution in [0.5, 0.6) is 0 Å². The highest BCUT2D eigenvalue weighted by Crippen LogP contribution is 2.31. The van der Waals surface area contributed by atoms with Gasteiger partial charge in [0.25, 0.3) is 0 Å². The van der Waals surface area contributed by atoms with E-state index in [4.69, 9.17) is 0 Å². The summed E-state index contributed by atoms with van der Waals surface area (Å²) >= 11 is 6.84. The summed E-state index contributed by atoms with van der Waals surface area (Å²) in [6.45, 7) is 0. The number of carbonyl (C=O) groups excluding carboxylic acids is 4. The van der Waals surface area contributed by atoms with Gasteiger partial charge in [0.05, 0.1) is 68.6 Å². The number of aromatic nitrogens is 13. The van der Waals surface area contributed by atoms with Crippen LogP contribution < -0.4 is 42.5 Å². The van der Waals surface area contributed by atoms with Crippen molar-refractivity contribution in [3.63, 3.8) is 0 Å². The van der Waals surface area contributed by atoms with Gasteiger partial charge in [0, 0.05) is 107 Å². The summed E-state index contributed by atoms with van der Waals surface area (Å²) in [5.41, 5.74) is 5.03. The molecule has 0 fully saturated rings. The number of urea groups is 4. The van der Waals surface area contributed by atoms with Gasteiger partial charge in [-0.25, -0.2) is 47.9 Å². The molecule has 0 saturated carbocycles. The maximum Gasteiger partial charge on any atom is 0.324 e. The summed E-state index contributed by atoms with van der Waals surface area (Å²) in [5.74, 6) is -0.172. The van der Waals surface area contributed by atoms with Gasteiger partial charge in [-0.3, -0.25) is 66.1 Å². The van der Waals surface area contributed by atoms with Crippen LogP contribution >= 0.6 is 31.9 Å². The number of nitrogens with zero attached hydrogens (tertiary/aromatic N) is 13. The lowest BCUT2D eigenvalue weighted by atomic mass is 10.1. The quantitative estimate of drug-likeness (QED) is 0.0701. The van der Waals surface area contributed by atoms with E-state index in [2.05, 4.69) is 139 Å². The van der Waals surface area contributed by atoms with Gasteiger partial charge in [-0.15, -0.1) is 0 Å². The zero-order chi connectivity index (χ0) is 58.6. The van der Waals surface area contributed by atoms with E-state index in [1.165, 1.54) is 86.6 Å². The van der Waals surface area contributed by atoms with E-state index >= 15 is 0 Å². The second kappa shape index (κ2) is 28.2. The van der Waals surface area contributed by atoms with E-state index in [9.17, 15) is 28.0 Å². The van der Waals surface area contributed by atoms with Crippen LogP contribution in [0.25, 0.3) is 43.7 Å². The summed E-state index contributed by atoms with van der Waals surface area (Å²) in [7, 11) is 0. The largest absolute Gasteiger partial charge is 0.324 e. The second-order valence-corrected chi connectivity index (χ2v) is 18.3. The van der Waals surface area contributed by atoms with Gasteiger partial charge in [0.2, 0.25) is 0 Å². The van der Waals surface area contributed by atoms with E-state index in [-0.39, 0.29) is 28.4 Å². The smallest absolute Gasteiger partial charge is 0.307 e. The topological polar surface area (TPSA) is 332 Å². The van der Waals surface area contributed by atoms with Crippen molar-refractivity contribution in [2.45, 2.75) is 0 Å². The molecule has 29 heteroatoms. The average Bonchev–Trinajstić information content (AvgIpc) is 3.12. The standard InChI is InChI=1S/2C14H10BrN5O.C14H9F2N5O.C13H10N6O/c15-10-3-1-2-9-11(4-5-18-13(9)10)19-14(21)20-12-8-16-6-7-17-12;15-10-7-18-11-4-2-1-3-9(11)13(10)20-14(21)19-12-8-16-5-6-17-12;15-8-5-9-11(1-2-19-13(9)10(16)6-8)20-14(22)21-12-7-17-3-4-18-12;20-13(19-11-8-14-6-7-16-11)18-10-3-5-15-9-2-1-4-17-12(9)10/h2*1-8H,(H2,17,18,19,20,21);1-7H,(H2,18,19,20,21,22);1-8H,(H2,15,16,18,19,20). The first kappa shape index (κ1) is 57.4. The minimum Gasteiger partial charge on any atom is -0.307 e. The van der Waals surface area contributed by atoms with Crippen molar-refractivity contribution >= 4 is 146 Å². The van der Waals surface area contributed by atoms with Gasteiger partial charge in [-0.2, -0.15) is 0 Å². The lowest BCUT2D eigenvalue weighted by Crippen LogP contribution is -2.20. The Labute approximate surface area is 489 Å². The average molecular weight is 1260 g/mol. The highest BCUT2D eigenvalue weighted by molar-refractivity contribution is 9.11. The molecule has 25 nitrogen and oxygen atoms in total. The molecular weight excluding hydrogens is 1220 g/mol. The Morgan fingerprint density at radius 2 is 0.821 bits per heavy atom. The van der Waals surface area contributed by atoms with Crippen molar-refractivity contribution in [1.29, 1.82) is 0 Å². The normalized spacial score (nSPS) is 10.3. The van der Waals surface area contributed by atoms with E-state index in [0.29, 0.717) is 50.0 Å². The second-order valence-electron chi connectivity index (χ2n) is 16.5. The van der Waals surface area contributed by atoms with Crippen LogP contribution in [0.1, 0.15) is 0 Å². The van der Waals surface area contributed by atoms with E-state index in [1.807, 2.05) is 48.5 Å². The van der Waals surface area contributed by atoms with Crippen LogP contribution in [0.2, 0.25) is 0 Å². The molecule has 0 aliphatic carbocycles. The molecule has 9 heterocycles. The maximum atomic E-state index is 13.7. The van der Waals surface area contributed by atoms with Gasteiger partial charge in [-0.05, 0) is 80.4 Å². The van der Waals surface area contributed by atoms with Crippen molar-refractivity contribution in [1.82, 2.24) is 64.8 Å². The third-order valence-electron chi connectivity index (χ3n) is 10.9. The fraction of sp³-hybridized carbons (Fsp3) is 0. The third kappa shape index (κ3) is 15.7. The number of pyridine rings is 5. The molecule has 0 radical (unpaired) electrons. The lowest BCUT2D eigenvalue weighted by Gasteiger charge is -2.11. The van der Waals surface area contributed by atoms with Gasteiger partial charge in [-0.1, -0.05) is 30.3 Å². The van der Waals surface area contributed by atoms with Gasteiger partial charge in [0.15, 0.2) is 29.1 Å². The summed E-state index contributed by atoms with van der Waals surface area (Å²) in [5, 5.41) is 22.9. The molecule has 0 unspecified atom stereocenters. The van der Waals surface area contributed by atoms with Crippen LogP contribution in [-0.4, -0.2) is 88.9 Å². The SMILES string of the molecule is O=C(Nc1cnccn1)Nc1c(Br)cnc2ccccc12.O=C(Nc1cnccn1)Nc1ccnc2c(Br)cccc12.O=C(Nc1cnccn1)Nc1ccnc2c(F)cc(F)cc12.O=C(Nc1cnccn1)Nc1ccnc2cccnc12. The number of halogens is 4. The number of benzene rings is 3. The summed E-state index contributed by atoms with van der Waals surface area (Å²) in [6.07, 6.45) is 25.7. The van der Waals surface area contributed by atoms with Crippen LogP contribution in [0.15, 0.2) is 199 Å². The van der Waals surface area contributed by atoms with Gasteiger partial charge >= 0.3 is 24.1 Å². The fourth-order valence-corrected chi connectivity index (χ4v) is 8.27. The van der Waals surface area contributed by atoms with Crippen molar-refractivity contribution < 1.29 is 28.0 Å².